The molecule has 2 heterocycles. The van der Waals surface area contributed by atoms with Crippen molar-refractivity contribution >= 4 is 33.5 Å². The summed E-state index contributed by atoms with van der Waals surface area (Å²) in [6, 6.07) is 21.6. The summed E-state index contributed by atoms with van der Waals surface area (Å²) in [5, 5.41) is 16.0. The van der Waals surface area contributed by atoms with Crippen LogP contribution in [0.3, 0.4) is 0 Å². The van der Waals surface area contributed by atoms with E-state index in [1.807, 2.05) is 28.9 Å². The summed E-state index contributed by atoms with van der Waals surface area (Å²) >= 11 is 0. The van der Waals surface area contributed by atoms with Crippen LogP contribution in [0.2, 0.25) is 0 Å². The van der Waals surface area contributed by atoms with E-state index in [0.717, 1.165) is 38.6 Å². The molecular formula is C28H26N4O3. The number of carboxylic acids is 1. The SMILES string of the molecule is CC(C)n1nc(COc2ccccc2CC(=O)O)c2cc(-c3ccc4nccc(N)c4c3)ccc21. The highest BCUT2D eigenvalue weighted by atomic mass is 16.5. The van der Waals surface area contributed by atoms with Crippen molar-refractivity contribution in [3.63, 3.8) is 0 Å². The second-order valence-electron chi connectivity index (χ2n) is 8.82. The van der Waals surface area contributed by atoms with Gasteiger partial charge in [0, 0.05) is 34.3 Å². The lowest BCUT2D eigenvalue weighted by molar-refractivity contribution is -0.136. The van der Waals surface area contributed by atoms with Crippen molar-refractivity contribution < 1.29 is 14.6 Å². The van der Waals surface area contributed by atoms with Crippen LogP contribution in [-0.4, -0.2) is 25.8 Å². The van der Waals surface area contributed by atoms with Gasteiger partial charge in [-0.05, 0) is 61.4 Å². The molecule has 0 aliphatic carbocycles. The zero-order chi connectivity index (χ0) is 24.5. The van der Waals surface area contributed by atoms with E-state index in [4.69, 9.17) is 15.6 Å². The van der Waals surface area contributed by atoms with Gasteiger partial charge in [-0.1, -0.05) is 30.3 Å². The van der Waals surface area contributed by atoms with Gasteiger partial charge < -0.3 is 15.6 Å². The number of nitrogen functional groups attached to an aromatic ring is 1. The Balaban J connectivity index is 1.54. The predicted octanol–water partition coefficient (Wildman–Crippen LogP) is 5.62. The maximum Gasteiger partial charge on any atom is 0.307 e. The molecule has 0 unspecified atom stereocenters. The van der Waals surface area contributed by atoms with Crippen molar-refractivity contribution in [1.29, 1.82) is 0 Å². The maximum atomic E-state index is 11.2. The molecule has 5 aromatic rings. The summed E-state index contributed by atoms with van der Waals surface area (Å²) in [5.41, 5.74) is 12.3. The van der Waals surface area contributed by atoms with E-state index >= 15 is 0 Å². The second kappa shape index (κ2) is 9.10. The lowest BCUT2D eigenvalue weighted by Crippen LogP contribution is -2.06. The number of pyridine rings is 1. The van der Waals surface area contributed by atoms with Crippen LogP contribution in [0.1, 0.15) is 31.1 Å². The highest BCUT2D eigenvalue weighted by molar-refractivity contribution is 5.94. The van der Waals surface area contributed by atoms with E-state index < -0.39 is 5.97 Å². The van der Waals surface area contributed by atoms with Crippen molar-refractivity contribution in [2.75, 3.05) is 5.73 Å². The first-order valence-electron chi connectivity index (χ1n) is 11.5. The van der Waals surface area contributed by atoms with Crippen LogP contribution in [0, 0.1) is 0 Å². The monoisotopic (exact) mass is 466 g/mol. The summed E-state index contributed by atoms with van der Waals surface area (Å²) in [6.07, 6.45) is 1.62. The van der Waals surface area contributed by atoms with E-state index in [2.05, 4.69) is 43.1 Å². The number of aromatic nitrogens is 3. The molecule has 3 N–H and O–H groups in total. The highest BCUT2D eigenvalue weighted by Crippen LogP contribution is 2.32. The number of anilines is 1. The third-order valence-corrected chi connectivity index (χ3v) is 6.06. The molecule has 0 aliphatic heterocycles. The van der Waals surface area contributed by atoms with E-state index in [9.17, 15) is 9.90 Å². The van der Waals surface area contributed by atoms with Crippen LogP contribution >= 0.6 is 0 Å². The topological polar surface area (TPSA) is 103 Å². The van der Waals surface area contributed by atoms with E-state index in [1.54, 1.807) is 24.4 Å². The van der Waals surface area contributed by atoms with Crippen LogP contribution in [-0.2, 0) is 17.8 Å². The lowest BCUT2D eigenvalue weighted by atomic mass is 10.0. The molecule has 3 aromatic carbocycles. The molecule has 2 aromatic heterocycles. The van der Waals surface area contributed by atoms with Crippen molar-refractivity contribution in [3.8, 4) is 16.9 Å². The summed E-state index contributed by atoms with van der Waals surface area (Å²) in [5.74, 6) is -0.345. The Labute approximate surface area is 202 Å². The quantitative estimate of drug-likeness (QED) is 0.323. The van der Waals surface area contributed by atoms with Crippen LogP contribution in [0.25, 0.3) is 32.9 Å². The second-order valence-corrected chi connectivity index (χ2v) is 8.82. The maximum absolute atomic E-state index is 11.2. The molecule has 0 fully saturated rings. The molecule has 0 saturated carbocycles. The molecule has 0 bridgehead atoms. The third-order valence-electron chi connectivity index (χ3n) is 6.06. The Morgan fingerprint density at radius 1 is 1.03 bits per heavy atom. The molecule has 0 atom stereocenters. The van der Waals surface area contributed by atoms with Gasteiger partial charge in [0.2, 0.25) is 0 Å². The van der Waals surface area contributed by atoms with Gasteiger partial charge in [0.15, 0.2) is 0 Å². The molecule has 35 heavy (non-hydrogen) atoms. The number of carboxylic acid groups (broad SMARTS) is 1. The molecule has 0 saturated heterocycles. The smallest absolute Gasteiger partial charge is 0.307 e. The molecule has 0 radical (unpaired) electrons. The third kappa shape index (κ3) is 4.40. The van der Waals surface area contributed by atoms with Crippen LogP contribution < -0.4 is 10.5 Å². The molecular weight excluding hydrogens is 440 g/mol. The number of nitrogens with two attached hydrogens (primary N) is 1. The molecule has 0 amide bonds. The number of hydrogen-bond acceptors (Lipinski definition) is 5. The average Bonchev–Trinajstić information content (AvgIpc) is 3.21. The Bertz CT molecular complexity index is 1560. The van der Waals surface area contributed by atoms with E-state index in [-0.39, 0.29) is 19.1 Å². The van der Waals surface area contributed by atoms with Gasteiger partial charge in [-0.25, -0.2) is 0 Å². The Morgan fingerprint density at radius 2 is 1.77 bits per heavy atom. The van der Waals surface area contributed by atoms with E-state index in [1.165, 1.54) is 0 Å². The minimum absolute atomic E-state index is 0.0958. The molecule has 7 nitrogen and oxygen atoms in total. The van der Waals surface area contributed by atoms with Crippen molar-refractivity contribution in [2.45, 2.75) is 32.9 Å². The lowest BCUT2D eigenvalue weighted by Gasteiger charge is -2.09. The van der Waals surface area contributed by atoms with Gasteiger partial charge in [0.1, 0.15) is 18.1 Å². The summed E-state index contributed by atoms with van der Waals surface area (Å²) < 4.78 is 8.07. The van der Waals surface area contributed by atoms with Crippen LogP contribution in [0.4, 0.5) is 5.69 Å². The van der Waals surface area contributed by atoms with Crippen molar-refractivity contribution in [3.05, 3.63) is 84.2 Å². The Morgan fingerprint density at radius 3 is 2.54 bits per heavy atom. The summed E-state index contributed by atoms with van der Waals surface area (Å²) in [4.78, 5) is 15.6. The number of aliphatic carboxylic acids is 1. The van der Waals surface area contributed by atoms with Crippen LogP contribution in [0.5, 0.6) is 5.75 Å². The number of rotatable bonds is 7. The van der Waals surface area contributed by atoms with Gasteiger partial charge in [-0.2, -0.15) is 5.10 Å². The number of hydrogen-bond donors (Lipinski definition) is 2. The number of benzene rings is 3. The number of nitrogens with zero attached hydrogens (tertiary/aromatic N) is 3. The first-order valence-corrected chi connectivity index (χ1v) is 11.5. The fraction of sp³-hybridized carbons (Fsp3) is 0.179. The fourth-order valence-electron chi connectivity index (χ4n) is 4.33. The Kier molecular flexibility index (Phi) is 5.82. The molecule has 176 valence electrons. The largest absolute Gasteiger partial charge is 0.487 e. The normalized spacial score (nSPS) is 11.4. The number of para-hydroxylation sites is 1. The standard InChI is InChI=1S/C28H26N4O3/c1-17(2)32-26-10-8-19(18-7-9-24-21(13-18)23(29)11-12-30-24)14-22(26)25(31-32)16-35-27-6-4-3-5-20(27)15-28(33)34/h3-14,17H,15-16H2,1-2H3,(H2,29,30)(H,33,34). The fourth-order valence-corrected chi connectivity index (χ4v) is 4.33. The Hall–Kier alpha value is -4.39. The zero-order valence-corrected chi connectivity index (χ0v) is 19.6. The van der Waals surface area contributed by atoms with Gasteiger partial charge in [-0.15, -0.1) is 0 Å². The van der Waals surface area contributed by atoms with Gasteiger partial charge >= 0.3 is 5.97 Å². The highest BCUT2D eigenvalue weighted by Gasteiger charge is 2.16. The van der Waals surface area contributed by atoms with Crippen molar-refractivity contribution in [1.82, 2.24) is 14.8 Å². The summed E-state index contributed by atoms with van der Waals surface area (Å²) in [6.45, 7) is 4.41. The minimum Gasteiger partial charge on any atom is -0.487 e. The number of ether oxygens (including phenoxy) is 1. The van der Waals surface area contributed by atoms with Crippen LogP contribution in [0.15, 0.2) is 72.9 Å². The average molecular weight is 467 g/mol. The minimum atomic E-state index is -0.897. The van der Waals surface area contributed by atoms with E-state index in [0.29, 0.717) is 17.0 Å². The first kappa shape index (κ1) is 22.4. The molecule has 0 aliphatic rings. The van der Waals surface area contributed by atoms with Gasteiger partial charge in [0.25, 0.3) is 0 Å². The first-order chi connectivity index (χ1) is 16.9. The van der Waals surface area contributed by atoms with Gasteiger partial charge in [0.05, 0.1) is 17.5 Å². The predicted molar refractivity (Wildman–Crippen MR) is 137 cm³/mol. The molecule has 5 rings (SSSR count). The molecule has 0 spiro atoms. The molecule has 7 heteroatoms. The number of fused-ring (bicyclic) bond motifs is 2. The number of carbonyl (C=O) groups is 1. The van der Waals surface area contributed by atoms with Crippen molar-refractivity contribution in [2.24, 2.45) is 0 Å². The van der Waals surface area contributed by atoms with Gasteiger partial charge in [-0.3, -0.25) is 14.5 Å². The summed E-state index contributed by atoms with van der Waals surface area (Å²) in [7, 11) is 0. The zero-order valence-electron chi connectivity index (χ0n) is 19.6.